The second-order valence-electron chi connectivity index (χ2n) is 4.04. The molecule has 104 valence electrons. The normalized spacial score (nSPS) is 11.0. The number of carboxylic acids is 1. The third-order valence-electron chi connectivity index (χ3n) is 2.48. The molecule has 6 heteroatoms. The second-order valence-corrected chi connectivity index (χ2v) is 6.03. The number of rotatable bonds is 5. The van der Waals surface area contributed by atoms with Crippen molar-refractivity contribution < 1.29 is 23.1 Å². The molecule has 5 nitrogen and oxygen atoms in total. The van der Waals surface area contributed by atoms with Crippen molar-refractivity contribution in [2.45, 2.75) is 4.90 Å². The molecular weight excluding hydrogens is 280 g/mol. The van der Waals surface area contributed by atoms with Crippen molar-refractivity contribution in [2.24, 2.45) is 0 Å². The molecule has 0 amide bonds. The van der Waals surface area contributed by atoms with Crippen LogP contribution >= 0.6 is 0 Å². The van der Waals surface area contributed by atoms with Gasteiger partial charge in [-0.1, -0.05) is 18.2 Å². The molecule has 0 aliphatic carbocycles. The Labute approximate surface area is 116 Å². The lowest BCUT2D eigenvalue weighted by Crippen LogP contribution is -2.15. The molecule has 2 aromatic rings. The number of hydrogen-bond acceptors (Lipinski definition) is 4. The molecule has 0 atom stereocenters. The molecule has 0 aliphatic heterocycles. The van der Waals surface area contributed by atoms with Gasteiger partial charge < -0.3 is 9.84 Å². The molecule has 0 unspecified atom stereocenters. The van der Waals surface area contributed by atoms with Crippen molar-refractivity contribution in [1.82, 2.24) is 0 Å². The summed E-state index contributed by atoms with van der Waals surface area (Å²) in [5.41, 5.74) is 0. The highest BCUT2D eigenvalue weighted by atomic mass is 32.2. The van der Waals surface area contributed by atoms with Crippen molar-refractivity contribution in [1.29, 1.82) is 0 Å². The van der Waals surface area contributed by atoms with Crippen molar-refractivity contribution in [3.63, 3.8) is 0 Å². The molecule has 2 aromatic carbocycles. The van der Waals surface area contributed by atoms with Crippen LogP contribution in [-0.4, -0.2) is 25.2 Å². The van der Waals surface area contributed by atoms with Crippen molar-refractivity contribution in [2.75, 3.05) is 5.75 Å². The summed E-state index contributed by atoms with van der Waals surface area (Å²) in [5, 5.41) is 8.56. The van der Waals surface area contributed by atoms with Crippen LogP contribution in [0.1, 0.15) is 0 Å². The van der Waals surface area contributed by atoms with Gasteiger partial charge in [-0.15, -0.1) is 0 Å². The summed E-state index contributed by atoms with van der Waals surface area (Å²) in [5.74, 6) is -1.19. The minimum atomic E-state index is -3.80. The number of sulfone groups is 1. The molecule has 20 heavy (non-hydrogen) atoms. The summed E-state index contributed by atoms with van der Waals surface area (Å²) in [6.45, 7) is 0. The molecule has 0 bridgehead atoms. The van der Waals surface area contributed by atoms with Gasteiger partial charge in [0.25, 0.3) is 0 Å². The first-order valence-electron chi connectivity index (χ1n) is 5.75. The Morgan fingerprint density at radius 1 is 0.950 bits per heavy atom. The Kier molecular flexibility index (Phi) is 4.05. The van der Waals surface area contributed by atoms with Gasteiger partial charge in [0.2, 0.25) is 0 Å². The number of benzene rings is 2. The highest BCUT2D eigenvalue weighted by Crippen LogP contribution is 2.22. The fourth-order valence-electron chi connectivity index (χ4n) is 1.59. The lowest BCUT2D eigenvalue weighted by Gasteiger charge is -2.06. The van der Waals surface area contributed by atoms with Crippen LogP contribution in [0.5, 0.6) is 11.5 Å². The molecule has 0 fully saturated rings. The zero-order valence-electron chi connectivity index (χ0n) is 10.4. The summed E-state index contributed by atoms with van der Waals surface area (Å²) < 4.78 is 28.9. The SMILES string of the molecule is O=C(O)CS(=O)(=O)c1ccc(Oc2ccccc2)cc1. The Morgan fingerprint density at radius 3 is 2.05 bits per heavy atom. The predicted octanol–water partition coefficient (Wildman–Crippen LogP) is 2.34. The van der Waals surface area contributed by atoms with Crippen LogP contribution in [0.4, 0.5) is 0 Å². The first-order chi connectivity index (χ1) is 9.47. The number of carbonyl (C=O) groups is 1. The van der Waals surface area contributed by atoms with E-state index in [1.54, 1.807) is 12.1 Å². The number of aliphatic carboxylic acids is 1. The average Bonchev–Trinajstić information content (AvgIpc) is 2.39. The molecule has 0 spiro atoms. The summed E-state index contributed by atoms with van der Waals surface area (Å²) in [6, 6.07) is 14.7. The Bertz CT molecular complexity index is 690. The zero-order valence-corrected chi connectivity index (χ0v) is 11.2. The quantitative estimate of drug-likeness (QED) is 0.914. The molecule has 0 aromatic heterocycles. The van der Waals surface area contributed by atoms with E-state index in [9.17, 15) is 13.2 Å². The summed E-state index contributed by atoms with van der Waals surface area (Å²) in [6.07, 6.45) is 0. The van der Waals surface area contributed by atoms with E-state index in [4.69, 9.17) is 9.84 Å². The summed E-state index contributed by atoms with van der Waals surface area (Å²) >= 11 is 0. The van der Waals surface area contributed by atoms with E-state index in [0.717, 1.165) is 0 Å². The molecule has 0 heterocycles. The standard InChI is InChI=1S/C14H12O5S/c15-14(16)10-20(17,18)13-8-6-12(7-9-13)19-11-4-2-1-3-5-11/h1-9H,10H2,(H,15,16). The van der Waals surface area contributed by atoms with E-state index in [1.807, 2.05) is 18.2 Å². The second kappa shape index (κ2) is 5.75. The molecule has 2 rings (SSSR count). The number of hydrogen-bond donors (Lipinski definition) is 1. The van der Waals surface area contributed by atoms with Crippen LogP contribution in [0.3, 0.4) is 0 Å². The van der Waals surface area contributed by atoms with Crippen molar-refractivity contribution in [3.05, 3.63) is 54.6 Å². The van der Waals surface area contributed by atoms with Crippen LogP contribution in [-0.2, 0) is 14.6 Å². The van der Waals surface area contributed by atoms with Gasteiger partial charge >= 0.3 is 5.97 Å². The predicted molar refractivity (Wildman–Crippen MR) is 72.6 cm³/mol. The lowest BCUT2D eigenvalue weighted by atomic mass is 10.3. The lowest BCUT2D eigenvalue weighted by molar-refractivity contribution is -0.134. The Hall–Kier alpha value is -2.34. The van der Waals surface area contributed by atoms with Crippen molar-refractivity contribution >= 4 is 15.8 Å². The van der Waals surface area contributed by atoms with Gasteiger partial charge in [-0.2, -0.15) is 0 Å². The smallest absolute Gasteiger partial charge is 0.319 e. The number of carboxylic acid groups (broad SMARTS) is 1. The Morgan fingerprint density at radius 2 is 1.50 bits per heavy atom. The third-order valence-corrected chi connectivity index (χ3v) is 4.09. The van der Waals surface area contributed by atoms with E-state index in [1.165, 1.54) is 24.3 Å². The maximum Gasteiger partial charge on any atom is 0.319 e. The number of para-hydroxylation sites is 1. The fourth-order valence-corrected chi connectivity index (χ4v) is 2.63. The fraction of sp³-hybridized carbons (Fsp3) is 0.0714. The molecule has 0 aliphatic rings. The van der Waals surface area contributed by atoms with Gasteiger partial charge in [0, 0.05) is 0 Å². The summed E-state index contributed by atoms with van der Waals surface area (Å²) in [4.78, 5) is 10.5. The van der Waals surface area contributed by atoms with E-state index in [0.29, 0.717) is 11.5 Å². The number of ether oxygens (including phenoxy) is 1. The van der Waals surface area contributed by atoms with E-state index < -0.39 is 21.6 Å². The largest absolute Gasteiger partial charge is 0.480 e. The Balaban J connectivity index is 2.16. The average molecular weight is 292 g/mol. The van der Waals surface area contributed by atoms with Crippen LogP contribution in [0.25, 0.3) is 0 Å². The van der Waals surface area contributed by atoms with Crippen LogP contribution < -0.4 is 4.74 Å². The van der Waals surface area contributed by atoms with E-state index in [-0.39, 0.29) is 4.90 Å². The van der Waals surface area contributed by atoms with Crippen LogP contribution in [0.2, 0.25) is 0 Å². The zero-order chi connectivity index (χ0) is 14.6. The topological polar surface area (TPSA) is 80.7 Å². The minimum absolute atomic E-state index is 0.0414. The van der Waals surface area contributed by atoms with Gasteiger partial charge in [-0.05, 0) is 36.4 Å². The van der Waals surface area contributed by atoms with Crippen LogP contribution in [0.15, 0.2) is 59.5 Å². The van der Waals surface area contributed by atoms with E-state index >= 15 is 0 Å². The molecule has 1 N–H and O–H groups in total. The first kappa shape index (κ1) is 14.1. The first-order valence-corrected chi connectivity index (χ1v) is 7.40. The molecule has 0 radical (unpaired) electrons. The molecule has 0 saturated heterocycles. The van der Waals surface area contributed by atoms with E-state index in [2.05, 4.69) is 0 Å². The van der Waals surface area contributed by atoms with Gasteiger partial charge in [0.05, 0.1) is 4.90 Å². The monoisotopic (exact) mass is 292 g/mol. The van der Waals surface area contributed by atoms with Gasteiger partial charge in [-0.3, -0.25) is 4.79 Å². The maximum absolute atomic E-state index is 11.7. The highest BCUT2D eigenvalue weighted by Gasteiger charge is 2.18. The summed E-state index contributed by atoms with van der Waals surface area (Å²) in [7, 11) is -3.80. The highest BCUT2D eigenvalue weighted by molar-refractivity contribution is 7.92. The van der Waals surface area contributed by atoms with Gasteiger partial charge in [-0.25, -0.2) is 8.42 Å². The van der Waals surface area contributed by atoms with Crippen molar-refractivity contribution in [3.8, 4) is 11.5 Å². The van der Waals surface area contributed by atoms with Gasteiger partial charge in [0.1, 0.15) is 11.5 Å². The molecular formula is C14H12O5S. The maximum atomic E-state index is 11.7. The van der Waals surface area contributed by atoms with Gasteiger partial charge in [0.15, 0.2) is 15.6 Å². The third kappa shape index (κ3) is 3.58. The van der Waals surface area contributed by atoms with Crippen LogP contribution in [0, 0.1) is 0 Å². The molecule has 0 saturated carbocycles. The minimum Gasteiger partial charge on any atom is -0.480 e.